The van der Waals surface area contributed by atoms with Crippen LogP contribution in [-0.2, 0) is 11.3 Å². The van der Waals surface area contributed by atoms with Gasteiger partial charge in [-0.15, -0.1) is 0 Å². The first kappa shape index (κ1) is 22.4. The third-order valence-electron chi connectivity index (χ3n) is 6.09. The number of primary amides is 1. The highest BCUT2D eigenvalue weighted by molar-refractivity contribution is 6.31. The summed E-state index contributed by atoms with van der Waals surface area (Å²) in [5.74, 6) is -0.129. The van der Waals surface area contributed by atoms with Gasteiger partial charge in [0.1, 0.15) is 11.6 Å². The highest BCUT2D eigenvalue weighted by Gasteiger charge is 2.40. The molecule has 4 N–H and O–H groups in total. The number of anilines is 1. The van der Waals surface area contributed by atoms with Crippen LogP contribution < -0.4 is 21.1 Å². The molecular formula is C23H26ClFN4O3. The second-order valence-electron chi connectivity index (χ2n) is 8.34. The van der Waals surface area contributed by atoms with E-state index in [1.165, 1.54) is 18.2 Å². The number of rotatable bonds is 7. The van der Waals surface area contributed by atoms with E-state index in [0.29, 0.717) is 28.5 Å². The number of hydrogen-bond acceptors (Lipinski definition) is 4. The molecule has 0 saturated carbocycles. The number of nitrogens with one attached hydrogen (secondary N) is 2. The number of halogens is 2. The second-order valence-corrected chi connectivity index (χ2v) is 8.77. The van der Waals surface area contributed by atoms with Crippen LogP contribution in [0.2, 0.25) is 5.02 Å². The Hall–Kier alpha value is -2.84. The summed E-state index contributed by atoms with van der Waals surface area (Å²) in [5, 5.41) is 5.92. The van der Waals surface area contributed by atoms with Gasteiger partial charge < -0.3 is 21.1 Å². The fourth-order valence-corrected chi connectivity index (χ4v) is 4.89. The molecule has 2 aliphatic heterocycles. The molecule has 0 aliphatic carbocycles. The molecule has 3 amide bonds. The molecule has 2 saturated heterocycles. The van der Waals surface area contributed by atoms with E-state index >= 15 is 0 Å². The fourth-order valence-electron chi connectivity index (χ4n) is 4.72. The molecule has 2 aromatic rings. The standard InChI is InChI=1S/C23H26ClFN4O3/c24-15-3-8-21(20(9-15)28-23(26)31)32-13-22(30)27-17-10-18-6-7-19(11-17)29(18)12-14-1-4-16(25)5-2-14/h1-5,8-9,17-19H,6-7,10-13H2,(H,27,30)(H3,26,28,31)/t17?,18-,19+. The summed E-state index contributed by atoms with van der Waals surface area (Å²) in [4.78, 5) is 26.1. The summed E-state index contributed by atoms with van der Waals surface area (Å²) in [6.45, 7) is 0.617. The van der Waals surface area contributed by atoms with Gasteiger partial charge >= 0.3 is 6.03 Å². The van der Waals surface area contributed by atoms with Gasteiger partial charge in [0.05, 0.1) is 5.69 Å². The highest BCUT2D eigenvalue weighted by Crippen LogP contribution is 2.37. The van der Waals surface area contributed by atoms with Gasteiger partial charge in [-0.25, -0.2) is 9.18 Å². The van der Waals surface area contributed by atoms with Crippen LogP contribution in [0.1, 0.15) is 31.2 Å². The minimum atomic E-state index is -0.746. The molecule has 2 fully saturated rings. The Morgan fingerprint density at radius 1 is 1.12 bits per heavy atom. The van der Waals surface area contributed by atoms with Crippen LogP contribution in [-0.4, -0.2) is 41.6 Å². The molecule has 32 heavy (non-hydrogen) atoms. The van der Waals surface area contributed by atoms with E-state index in [2.05, 4.69) is 15.5 Å². The maximum absolute atomic E-state index is 13.2. The van der Waals surface area contributed by atoms with Crippen LogP contribution in [0.25, 0.3) is 0 Å². The van der Waals surface area contributed by atoms with Crippen molar-refractivity contribution in [1.29, 1.82) is 0 Å². The average molecular weight is 461 g/mol. The topological polar surface area (TPSA) is 96.7 Å². The lowest BCUT2D eigenvalue weighted by Gasteiger charge is -2.39. The third kappa shape index (κ3) is 5.49. The molecule has 3 atom stereocenters. The zero-order chi connectivity index (χ0) is 22.7. The Morgan fingerprint density at radius 3 is 2.47 bits per heavy atom. The van der Waals surface area contributed by atoms with Crippen molar-refractivity contribution >= 4 is 29.2 Å². The molecule has 2 heterocycles. The summed E-state index contributed by atoms with van der Waals surface area (Å²) < 4.78 is 18.8. The quantitative estimate of drug-likeness (QED) is 0.587. The number of carbonyl (C=O) groups is 2. The van der Waals surface area contributed by atoms with Crippen molar-refractivity contribution in [1.82, 2.24) is 10.2 Å². The van der Waals surface area contributed by atoms with Crippen molar-refractivity contribution in [2.45, 2.75) is 50.4 Å². The smallest absolute Gasteiger partial charge is 0.316 e. The minimum Gasteiger partial charge on any atom is -0.482 e. The Labute approximate surface area is 191 Å². The zero-order valence-electron chi connectivity index (χ0n) is 17.5. The number of fused-ring (bicyclic) bond motifs is 2. The van der Waals surface area contributed by atoms with Gasteiger partial charge in [-0.1, -0.05) is 23.7 Å². The van der Waals surface area contributed by atoms with E-state index in [0.717, 1.165) is 37.8 Å². The van der Waals surface area contributed by atoms with Gasteiger partial charge in [-0.2, -0.15) is 0 Å². The number of nitrogens with two attached hydrogens (primary N) is 1. The van der Waals surface area contributed by atoms with Gasteiger partial charge in [0.25, 0.3) is 5.91 Å². The van der Waals surface area contributed by atoms with Crippen LogP contribution in [0, 0.1) is 5.82 Å². The molecule has 7 nitrogen and oxygen atoms in total. The summed E-state index contributed by atoms with van der Waals surface area (Å²) in [7, 11) is 0. The van der Waals surface area contributed by atoms with Gasteiger partial charge in [0, 0.05) is 29.7 Å². The first-order valence-corrected chi connectivity index (χ1v) is 11.0. The summed E-state index contributed by atoms with van der Waals surface area (Å²) >= 11 is 5.95. The van der Waals surface area contributed by atoms with Crippen molar-refractivity contribution in [3.63, 3.8) is 0 Å². The number of nitrogens with zero attached hydrogens (tertiary/aromatic N) is 1. The zero-order valence-corrected chi connectivity index (χ0v) is 18.3. The van der Waals surface area contributed by atoms with Crippen LogP contribution in [0.3, 0.4) is 0 Å². The van der Waals surface area contributed by atoms with Crippen LogP contribution in [0.4, 0.5) is 14.9 Å². The lowest BCUT2D eigenvalue weighted by atomic mass is 9.96. The Bertz CT molecular complexity index is 974. The van der Waals surface area contributed by atoms with E-state index in [4.69, 9.17) is 22.1 Å². The summed E-state index contributed by atoms with van der Waals surface area (Å²) in [6.07, 6.45) is 3.95. The first-order valence-electron chi connectivity index (χ1n) is 10.7. The molecule has 0 aromatic heterocycles. The number of ether oxygens (including phenoxy) is 1. The molecule has 2 aliphatic rings. The largest absolute Gasteiger partial charge is 0.482 e. The van der Waals surface area contributed by atoms with Crippen LogP contribution in [0.15, 0.2) is 42.5 Å². The van der Waals surface area contributed by atoms with Gasteiger partial charge in [-0.3, -0.25) is 9.69 Å². The predicted octanol–water partition coefficient (Wildman–Crippen LogP) is 3.66. The maximum atomic E-state index is 13.2. The number of urea groups is 1. The van der Waals surface area contributed by atoms with Gasteiger partial charge in [0.2, 0.25) is 0 Å². The van der Waals surface area contributed by atoms with E-state index in [1.54, 1.807) is 12.1 Å². The van der Waals surface area contributed by atoms with Gasteiger partial charge in [0.15, 0.2) is 6.61 Å². The molecule has 1 unspecified atom stereocenters. The van der Waals surface area contributed by atoms with E-state index < -0.39 is 6.03 Å². The fraction of sp³-hybridized carbons (Fsp3) is 0.391. The average Bonchev–Trinajstić information content (AvgIpc) is 2.96. The van der Waals surface area contributed by atoms with Crippen molar-refractivity contribution in [2.75, 3.05) is 11.9 Å². The molecule has 0 radical (unpaired) electrons. The number of piperidine rings is 1. The number of carbonyl (C=O) groups excluding carboxylic acids is 2. The van der Waals surface area contributed by atoms with E-state index in [-0.39, 0.29) is 24.4 Å². The van der Waals surface area contributed by atoms with Crippen LogP contribution >= 0.6 is 11.6 Å². The van der Waals surface area contributed by atoms with E-state index in [1.807, 2.05) is 12.1 Å². The predicted molar refractivity (Wildman–Crippen MR) is 120 cm³/mol. The monoisotopic (exact) mass is 460 g/mol. The van der Waals surface area contributed by atoms with Gasteiger partial charge in [-0.05, 0) is 61.6 Å². The molecule has 2 aromatic carbocycles. The molecule has 9 heteroatoms. The molecular weight excluding hydrogens is 435 g/mol. The molecule has 170 valence electrons. The minimum absolute atomic E-state index is 0.0847. The number of amides is 3. The summed E-state index contributed by atoms with van der Waals surface area (Å²) in [5.41, 5.74) is 6.58. The van der Waals surface area contributed by atoms with Crippen LogP contribution in [0.5, 0.6) is 5.75 Å². The summed E-state index contributed by atoms with van der Waals surface area (Å²) in [6, 6.07) is 11.5. The number of hydrogen-bond donors (Lipinski definition) is 3. The Morgan fingerprint density at radius 2 is 1.81 bits per heavy atom. The van der Waals surface area contributed by atoms with Crippen molar-refractivity contribution in [3.05, 3.63) is 58.9 Å². The van der Waals surface area contributed by atoms with E-state index in [9.17, 15) is 14.0 Å². The lowest BCUT2D eigenvalue weighted by molar-refractivity contribution is -0.124. The van der Waals surface area contributed by atoms with Crippen molar-refractivity contribution in [3.8, 4) is 5.75 Å². The second kappa shape index (κ2) is 9.75. The Balaban J connectivity index is 1.29. The number of benzene rings is 2. The molecule has 2 bridgehead atoms. The lowest BCUT2D eigenvalue weighted by Crippen LogP contribution is -2.50. The Kier molecular flexibility index (Phi) is 6.81. The molecule has 0 spiro atoms. The third-order valence-corrected chi connectivity index (χ3v) is 6.32. The normalized spacial score (nSPS) is 22.4. The van der Waals surface area contributed by atoms with Crippen molar-refractivity contribution < 1.29 is 18.7 Å². The maximum Gasteiger partial charge on any atom is 0.316 e. The van der Waals surface area contributed by atoms with Crippen molar-refractivity contribution in [2.24, 2.45) is 5.73 Å². The molecule has 4 rings (SSSR count). The highest BCUT2D eigenvalue weighted by atomic mass is 35.5. The first-order chi connectivity index (χ1) is 15.4. The SMILES string of the molecule is NC(=O)Nc1cc(Cl)ccc1OCC(=O)NC1C[C@H]2CC[C@@H](C1)N2Cc1ccc(F)cc1.